The zero-order chi connectivity index (χ0) is 14.2. The smallest absolute Gasteiger partial charge is 0.240 e. The summed E-state index contributed by atoms with van der Waals surface area (Å²) in [5.74, 6) is 1.37. The highest BCUT2D eigenvalue weighted by molar-refractivity contribution is 5.80. The maximum absolute atomic E-state index is 11.4. The molecule has 1 amide bonds. The summed E-state index contributed by atoms with van der Waals surface area (Å²) in [4.78, 5) is 13.5. The van der Waals surface area contributed by atoms with E-state index in [-0.39, 0.29) is 5.91 Å². The highest BCUT2D eigenvalue weighted by atomic mass is 16.5. The van der Waals surface area contributed by atoms with Gasteiger partial charge in [-0.25, -0.2) is 5.43 Å². The number of unbranched alkanes of at least 4 members (excludes halogenated alkanes) is 1. The van der Waals surface area contributed by atoms with Crippen molar-refractivity contribution in [1.82, 2.24) is 5.43 Å². The Kier molecular flexibility index (Phi) is 5.61. The van der Waals surface area contributed by atoms with E-state index >= 15 is 0 Å². The van der Waals surface area contributed by atoms with Crippen LogP contribution in [-0.2, 0) is 9.53 Å². The second kappa shape index (κ2) is 7.69. The number of furan rings is 1. The Hall–Kier alpha value is -1.82. The van der Waals surface area contributed by atoms with Crippen LogP contribution in [0.25, 0.3) is 0 Å². The Morgan fingerprint density at radius 2 is 2.25 bits per heavy atom. The first-order chi connectivity index (χ1) is 9.79. The molecule has 0 aliphatic carbocycles. The third kappa shape index (κ3) is 4.38. The summed E-state index contributed by atoms with van der Waals surface area (Å²) in [6, 6.07) is 3.75. The monoisotopic (exact) mass is 279 g/mol. The van der Waals surface area contributed by atoms with Crippen molar-refractivity contribution in [2.24, 2.45) is 5.10 Å². The van der Waals surface area contributed by atoms with Gasteiger partial charge in [0, 0.05) is 25.6 Å². The van der Waals surface area contributed by atoms with E-state index in [1.165, 1.54) is 6.21 Å². The number of morpholine rings is 1. The Balaban J connectivity index is 1.81. The first-order valence-corrected chi connectivity index (χ1v) is 7.04. The van der Waals surface area contributed by atoms with Crippen LogP contribution in [0.1, 0.15) is 31.9 Å². The minimum absolute atomic E-state index is 0.0666. The largest absolute Gasteiger partial charge is 0.440 e. The van der Waals surface area contributed by atoms with Gasteiger partial charge in [-0.15, -0.1) is 0 Å². The Morgan fingerprint density at radius 1 is 1.45 bits per heavy atom. The molecule has 0 unspecified atom stereocenters. The average molecular weight is 279 g/mol. The van der Waals surface area contributed by atoms with Crippen molar-refractivity contribution in [3.05, 3.63) is 17.9 Å². The molecule has 6 heteroatoms. The molecule has 0 atom stereocenters. The summed E-state index contributed by atoms with van der Waals surface area (Å²) in [6.45, 7) is 5.15. The first kappa shape index (κ1) is 14.6. The van der Waals surface area contributed by atoms with Crippen LogP contribution in [0, 0.1) is 0 Å². The molecule has 0 bridgehead atoms. The number of carbonyl (C=O) groups excluding carboxylic acids is 1. The van der Waals surface area contributed by atoms with Crippen molar-refractivity contribution in [1.29, 1.82) is 0 Å². The van der Waals surface area contributed by atoms with Crippen molar-refractivity contribution in [3.8, 4) is 0 Å². The van der Waals surface area contributed by atoms with Crippen LogP contribution in [0.3, 0.4) is 0 Å². The van der Waals surface area contributed by atoms with E-state index in [2.05, 4.69) is 15.4 Å². The predicted octanol–water partition coefficient (Wildman–Crippen LogP) is 1.76. The van der Waals surface area contributed by atoms with Gasteiger partial charge in [0.15, 0.2) is 5.88 Å². The fraction of sp³-hybridized carbons (Fsp3) is 0.571. The quantitative estimate of drug-likeness (QED) is 0.636. The van der Waals surface area contributed by atoms with E-state index in [0.717, 1.165) is 45.0 Å². The fourth-order valence-corrected chi connectivity index (χ4v) is 1.93. The number of nitrogens with zero attached hydrogens (tertiary/aromatic N) is 2. The SMILES string of the molecule is CCCCC(=O)NN=Cc1ccc(N2CCOCC2)o1. The summed E-state index contributed by atoms with van der Waals surface area (Å²) in [5, 5.41) is 3.89. The Bertz CT molecular complexity index is 450. The number of ether oxygens (including phenoxy) is 1. The summed E-state index contributed by atoms with van der Waals surface area (Å²) in [6.07, 6.45) is 3.90. The van der Waals surface area contributed by atoms with Gasteiger partial charge in [-0.1, -0.05) is 13.3 Å². The van der Waals surface area contributed by atoms with Crippen molar-refractivity contribution < 1.29 is 13.9 Å². The summed E-state index contributed by atoms with van der Waals surface area (Å²) in [7, 11) is 0. The lowest BCUT2D eigenvalue weighted by Gasteiger charge is -2.26. The predicted molar refractivity (Wildman–Crippen MR) is 77.0 cm³/mol. The second-order valence-corrected chi connectivity index (χ2v) is 4.67. The zero-order valence-electron chi connectivity index (χ0n) is 11.8. The van der Waals surface area contributed by atoms with Crippen molar-refractivity contribution in [2.75, 3.05) is 31.2 Å². The summed E-state index contributed by atoms with van der Waals surface area (Å²) >= 11 is 0. The van der Waals surface area contributed by atoms with Crippen LogP contribution in [0.4, 0.5) is 5.88 Å². The topological polar surface area (TPSA) is 67.1 Å². The molecular weight excluding hydrogens is 258 g/mol. The lowest BCUT2D eigenvalue weighted by atomic mass is 10.2. The average Bonchev–Trinajstić information content (AvgIpc) is 2.95. The molecule has 6 nitrogen and oxygen atoms in total. The van der Waals surface area contributed by atoms with Crippen LogP contribution in [-0.4, -0.2) is 38.4 Å². The van der Waals surface area contributed by atoms with E-state index in [4.69, 9.17) is 9.15 Å². The number of anilines is 1. The molecule has 1 aromatic heterocycles. The molecule has 20 heavy (non-hydrogen) atoms. The number of nitrogens with one attached hydrogen (secondary N) is 1. The first-order valence-electron chi connectivity index (χ1n) is 7.04. The van der Waals surface area contributed by atoms with Crippen molar-refractivity contribution in [3.63, 3.8) is 0 Å². The normalized spacial score (nSPS) is 15.8. The number of amides is 1. The van der Waals surface area contributed by atoms with E-state index in [0.29, 0.717) is 12.2 Å². The van der Waals surface area contributed by atoms with Crippen LogP contribution in [0.15, 0.2) is 21.7 Å². The molecule has 1 fully saturated rings. The molecule has 2 heterocycles. The molecule has 0 aromatic carbocycles. The van der Waals surface area contributed by atoms with Crippen molar-refractivity contribution in [2.45, 2.75) is 26.2 Å². The molecule has 1 aliphatic rings. The number of hydrazone groups is 1. The third-order valence-electron chi connectivity index (χ3n) is 3.07. The lowest BCUT2D eigenvalue weighted by molar-refractivity contribution is -0.121. The number of hydrogen-bond donors (Lipinski definition) is 1. The fourth-order valence-electron chi connectivity index (χ4n) is 1.93. The highest BCUT2D eigenvalue weighted by Gasteiger charge is 2.14. The van der Waals surface area contributed by atoms with E-state index < -0.39 is 0 Å². The number of rotatable bonds is 6. The van der Waals surface area contributed by atoms with Gasteiger partial charge in [0.05, 0.1) is 19.4 Å². The molecule has 110 valence electrons. The zero-order valence-corrected chi connectivity index (χ0v) is 11.8. The molecule has 1 aromatic rings. The molecule has 1 N–H and O–H groups in total. The van der Waals surface area contributed by atoms with E-state index in [1.807, 2.05) is 19.1 Å². The van der Waals surface area contributed by atoms with Gasteiger partial charge in [-0.2, -0.15) is 5.10 Å². The Morgan fingerprint density at radius 3 is 3.00 bits per heavy atom. The maximum Gasteiger partial charge on any atom is 0.240 e. The van der Waals surface area contributed by atoms with E-state index in [1.54, 1.807) is 0 Å². The van der Waals surface area contributed by atoms with E-state index in [9.17, 15) is 4.79 Å². The van der Waals surface area contributed by atoms with Crippen LogP contribution in [0.5, 0.6) is 0 Å². The van der Waals surface area contributed by atoms with Gasteiger partial charge in [0.1, 0.15) is 5.76 Å². The highest BCUT2D eigenvalue weighted by Crippen LogP contribution is 2.18. The molecular formula is C14H21N3O3. The van der Waals surface area contributed by atoms with Crippen LogP contribution in [0.2, 0.25) is 0 Å². The molecule has 0 radical (unpaired) electrons. The Labute approximate surface area is 118 Å². The lowest BCUT2D eigenvalue weighted by Crippen LogP contribution is -2.35. The molecule has 1 saturated heterocycles. The van der Waals surface area contributed by atoms with Gasteiger partial charge >= 0.3 is 0 Å². The molecule has 2 rings (SSSR count). The third-order valence-corrected chi connectivity index (χ3v) is 3.07. The number of hydrogen-bond acceptors (Lipinski definition) is 5. The minimum atomic E-state index is -0.0666. The van der Waals surface area contributed by atoms with Gasteiger partial charge in [-0.3, -0.25) is 4.79 Å². The summed E-state index contributed by atoms with van der Waals surface area (Å²) < 4.78 is 11.0. The van der Waals surface area contributed by atoms with Crippen LogP contribution >= 0.6 is 0 Å². The second-order valence-electron chi connectivity index (χ2n) is 4.67. The van der Waals surface area contributed by atoms with Gasteiger partial charge in [0.2, 0.25) is 5.91 Å². The maximum atomic E-state index is 11.4. The van der Waals surface area contributed by atoms with Gasteiger partial charge in [0.25, 0.3) is 0 Å². The van der Waals surface area contributed by atoms with Gasteiger partial charge < -0.3 is 14.1 Å². The molecule has 1 aliphatic heterocycles. The molecule has 0 spiro atoms. The van der Waals surface area contributed by atoms with Crippen molar-refractivity contribution >= 4 is 18.0 Å². The standard InChI is InChI=1S/C14H21N3O3/c1-2-3-4-13(18)16-15-11-12-5-6-14(20-12)17-7-9-19-10-8-17/h5-6,11H,2-4,7-10H2,1H3,(H,16,18). The van der Waals surface area contributed by atoms with Gasteiger partial charge in [-0.05, 0) is 12.5 Å². The van der Waals surface area contributed by atoms with Crippen LogP contribution < -0.4 is 10.3 Å². The summed E-state index contributed by atoms with van der Waals surface area (Å²) in [5.41, 5.74) is 2.49. The minimum Gasteiger partial charge on any atom is -0.440 e. The molecule has 0 saturated carbocycles. The number of carbonyl (C=O) groups is 1.